The van der Waals surface area contributed by atoms with Crippen molar-refractivity contribution >= 4 is 17.6 Å². The number of halogens is 2. The SMILES string of the molecule is CC(C)C1CCC(Cc2ccc(Cl)c(F)c2)(C(=O)O)CC1. The normalized spacial score (nSPS) is 26.0. The fraction of sp³-hybridized carbons (Fsp3) is 0.588. The fourth-order valence-electron chi connectivity index (χ4n) is 3.37. The number of hydrogen-bond donors (Lipinski definition) is 1. The molecule has 1 aromatic rings. The van der Waals surface area contributed by atoms with Crippen molar-refractivity contribution in [1.29, 1.82) is 0 Å². The van der Waals surface area contributed by atoms with E-state index in [1.54, 1.807) is 6.07 Å². The van der Waals surface area contributed by atoms with Gasteiger partial charge in [0.05, 0.1) is 10.4 Å². The third-order valence-corrected chi connectivity index (χ3v) is 5.22. The third kappa shape index (κ3) is 3.57. The Hall–Kier alpha value is -1.09. The van der Waals surface area contributed by atoms with Gasteiger partial charge in [0.2, 0.25) is 0 Å². The van der Waals surface area contributed by atoms with Crippen molar-refractivity contribution in [3.63, 3.8) is 0 Å². The molecule has 1 aliphatic carbocycles. The minimum absolute atomic E-state index is 0.0756. The van der Waals surface area contributed by atoms with Gasteiger partial charge in [-0.2, -0.15) is 0 Å². The van der Waals surface area contributed by atoms with Crippen LogP contribution in [0.1, 0.15) is 45.1 Å². The van der Waals surface area contributed by atoms with E-state index < -0.39 is 17.2 Å². The summed E-state index contributed by atoms with van der Waals surface area (Å²) in [6.07, 6.45) is 3.56. The van der Waals surface area contributed by atoms with Crippen LogP contribution in [0.3, 0.4) is 0 Å². The Labute approximate surface area is 130 Å². The highest BCUT2D eigenvalue weighted by Crippen LogP contribution is 2.44. The molecule has 2 nitrogen and oxygen atoms in total. The maximum Gasteiger partial charge on any atom is 0.309 e. The molecule has 2 rings (SSSR count). The van der Waals surface area contributed by atoms with Gasteiger partial charge < -0.3 is 5.11 Å². The van der Waals surface area contributed by atoms with Crippen LogP contribution in [-0.2, 0) is 11.2 Å². The standard InChI is InChI=1S/C17H22ClFO2/c1-11(2)13-5-7-17(8-6-13,16(20)21)10-12-3-4-14(18)15(19)9-12/h3-4,9,11,13H,5-8,10H2,1-2H3,(H,20,21). The molecule has 1 aromatic carbocycles. The Bertz CT molecular complexity index is 520. The van der Waals surface area contributed by atoms with Crippen LogP contribution in [0.4, 0.5) is 4.39 Å². The maximum atomic E-state index is 13.5. The van der Waals surface area contributed by atoms with E-state index in [1.165, 1.54) is 12.1 Å². The monoisotopic (exact) mass is 312 g/mol. The number of rotatable bonds is 4. The summed E-state index contributed by atoms with van der Waals surface area (Å²) in [5, 5.41) is 9.75. The lowest BCUT2D eigenvalue weighted by Gasteiger charge is -2.38. The zero-order valence-corrected chi connectivity index (χ0v) is 13.3. The summed E-state index contributed by atoms with van der Waals surface area (Å²) in [6.45, 7) is 4.38. The van der Waals surface area contributed by atoms with Crippen LogP contribution < -0.4 is 0 Å². The molecule has 1 N–H and O–H groups in total. The Morgan fingerprint density at radius 3 is 2.52 bits per heavy atom. The van der Waals surface area contributed by atoms with Crippen LogP contribution in [-0.4, -0.2) is 11.1 Å². The maximum absolute atomic E-state index is 13.5. The van der Waals surface area contributed by atoms with E-state index >= 15 is 0 Å². The second kappa shape index (κ2) is 6.35. The van der Waals surface area contributed by atoms with E-state index in [0.717, 1.165) is 12.8 Å². The molecule has 116 valence electrons. The average molecular weight is 313 g/mol. The van der Waals surface area contributed by atoms with Gasteiger partial charge in [-0.15, -0.1) is 0 Å². The molecule has 0 aliphatic heterocycles. The molecule has 1 saturated carbocycles. The highest BCUT2D eigenvalue weighted by molar-refractivity contribution is 6.30. The first-order valence-electron chi connectivity index (χ1n) is 7.51. The molecule has 0 bridgehead atoms. The van der Waals surface area contributed by atoms with Gasteiger partial charge in [-0.25, -0.2) is 4.39 Å². The van der Waals surface area contributed by atoms with E-state index in [9.17, 15) is 14.3 Å². The van der Waals surface area contributed by atoms with Crippen LogP contribution in [0.5, 0.6) is 0 Å². The first-order valence-corrected chi connectivity index (χ1v) is 7.89. The van der Waals surface area contributed by atoms with Gasteiger partial charge in [0.25, 0.3) is 0 Å². The summed E-state index contributed by atoms with van der Waals surface area (Å²) in [5.41, 5.74) is -0.0478. The number of carbonyl (C=O) groups is 1. The van der Waals surface area contributed by atoms with E-state index in [-0.39, 0.29) is 5.02 Å². The van der Waals surface area contributed by atoms with Gasteiger partial charge in [0.15, 0.2) is 0 Å². The Balaban J connectivity index is 2.16. The summed E-state index contributed by atoms with van der Waals surface area (Å²) < 4.78 is 13.5. The summed E-state index contributed by atoms with van der Waals surface area (Å²) >= 11 is 5.68. The van der Waals surface area contributed by atoms with Gasteiger partial charge in [0, 0.05) is 0 Å². The summed E-state index contributed by atoms with van der Waals surface area (Å²) in [7, 11) is 0. The number of benzene rings is 1. The van der Waals surface area contributed by atoms with Crippen molar-refractivity contribution in [3.05, 3.63) is 34.6 Å². The molecule has 0 aromatic heterocycles. The van der Waals surface area contributed by atoms with E-state index in [1.807, 2.05) is 0 Å². The second-order valence-corrected chi connectivity index (χ2v) is 7.00. The predicted molar refractivity (Wildman–Crippen MR) is 82.0 cm³/mol. The molecule has 0 saturated heterocycles. The molecule has 0 radical (unpaired) electrons. The molecule has 0 amide bonds. The molecule has 0 heterocycles. The summed E-state index contributed by atoms with van der Waals surface area (Å²) in [4.78, 5) is 11.8. The zero-order chi connectivity index (χ0) is 15.6. The topological polar surface area (TPSA) is 37.3 Å². The molecule has 0 unspecified atom stereocenters. The van der Waals surface area contributed by atoms with E-state index in [0.29, 0.717) is 36.7 Å². The van der Waals surface area contributed by atoms with Crippen molar-refractivity contribution < 1.29 is 14.3 Å². The fourth-order valence-corrected chi connectivity index (χ4v) is 3.48. The Morgan fingerprint density at radius 2 is 2.05 bits per heavy atom. The Morgan fingerprint density at radius 1 is 1.43 bits per heavy atom. The number of hydrogen-bond acceptors (Lipinski definition) is 1. The lowest BCUT2D eigenvalue weighted by atomic mass is 9.65. The van der Waals surface area contributed by atoms with Gasteiger partial charge >= 0.3 is 5.97 Å². The van der Waals surface area contributed by atoms with Crippen molar-refractivity contribution in [1.82, 2.24) is 0 Å². The van der Waals surface area contributed by atoms with Crippen LogP contribution in [0.15, 0.2) is 18.2 Å². The summed E-state index contributed by atoms with van der Waals surface area (Å²) in [6, 6.07) is 4.59. The quantitative estimate of drug-likeness (QED) is 0.855. The highest BCUT2D eigenvalue weighted by atomic mass is 35.5. The van der Waals surface area contributed by atoms with Crippen LogP contribution in [0.2, 0.25) is 5.02 Å². The van der Waals surface area contributed by atoms with Gasteiger partial charge in [-0.05, 0) is 61.6 Å². The molecule has 1 fully saturated rings. The van der Waals surface area contributed by atoms with Crippen molar-refractivity contribution in [2.45, 2.75) is 46.0 Å². The van der Waals surface area contributed by atoms with Crippen LogP contribution in [0, 0.1) is 23.1 Å². The molecular formula is C17H22ClFO2. The van der Waals surface area contributed by atoms with Gasteiger partial charge in [-0.3, -0.25) is 4.79 Å². The molecular weight excluding hydrogens is 291 g/mol. The van der Waals surface area contributed by atoms with Crippen LogP contribution >= 0.6 is 11.6 Å². The number of carboxylic acid groups (broad SMARTS) is 1. The third-order valence-electron chi connectivity index (χ3n) is 4.91. The lowest BCUT2D eigenvalue weighted by molar-refractivity contribution is -0.151. The Kier molecular flexibility index (Phi) is 4.92. The van der Waals surface area contributed by atoms with Gasteiger partial charge in [-0.1, -0.05) is 31.5 Å². The smallest absolute Gasteiger partial charge is 0.309 e. The number of aliphatic carboxylic acids is 1. The minimum atomic E-state index is -0.764. The van der Waals surface area contributed by atoms with Gasteiger partial charge in [0.1, 0.15) is 5.82 Å². The minimum Gasteiger partial charge on any atom is -0.481 e. The molecule has 1 aliphatic rings. The van der Waals surface area contributed by atoms with Crippen LogP contribution in [0.25, 0.3) is 0 Å². The van der Waals surface area contributed by atoms with Crippen molar-refractivity contribution in [3.8, 4) is 0 Å². The van der Waals surface area contributed by atoms with Crippen molar-refractivity contribution in [2.24, 2.45) is 17.3 Å². The number of carboxylic acids is 1. The first-order chi connectivity index (χ1) is 9.84. The lowest BCUT2D eigenvalue weighted by Crippen LogP contribution is -2.38. The predicted octanol–water partition coefficient (Wildman–Crippen LogP) is 4.94. The molecule has 0 spiro atoms. The summed E-state index contributed by atoms with van der Waals surface area (Å²) in [5.74, 6) is -0.0603. The largest absolute Gasteiger partial charge is 0.481 e. The molecule has 4 heteroatoms. The first kappa shape index (κ1) is 16.3. The van der Waals surface area contributed by atoms with Crippen molar-refractivity contribution in [2.75, 3.05) is 0 Å². The molecule has 0 atom stereocenters. The second-order valence-electron chi connectivity index (χ2n) is 6.59. The van der Waals surface area contributed by atoms with E-state index in [2.05, 4.69) is 13.8 Å². The highest BCUT2D eigenvalue weighted by Gasteiger charge is 2.42. The average Bonchev–Trinajstić information content (AvgIpc) is 2.43. The molecule has 21 heavy (non-hydrogen) atoms. The van der Waals surface area contributed by atoms with E-state index in [4.69, 9.17) is 11.6 Å². The zero-order valence-electron chi connectivity index (χ0n) is 12.5.